The fourth-order valence-corrected chi connectivity index (χ4v) is 2.46. The van der Waals surface area contributed by atoms with Crippen LogP contribution in [0.25, 0.3) is 0 Å². The molecule has 0 aromatic carbocycles. The third-order valence-corrected chi connectivity index (χ3v) is 3.20. The topological polar surface area (TPSA) is 106 Å². The number of amides is 2. The molecule has 2 rings (SSSR count). The van der Waals surface area contributed by atoms with E-state index < -0.39 is 23.3 Å². The second kappa shape index (κ2) is 4.35. The van der Waals surface area contributed by atoms with Gasteiger partial charge >= 0.3 is 11.8 Å². The van der Waals surface area contributed by atoms with Gasteiger partial charge in [0.25, 0.3) is 0 Å². The van der Waals surface area contributed by atoms with Gasteiger partial charge < -0.3 is 10.2 Å². The van der Waals surface area contributed by atoms with Crippen LogP contribution in [0.2, 0.25) is 0 Å². The van der Waals surface area contributed by atoms with E-state index in [1.54, 1.807) is 13.8 Å². The molecule has 0 aromatic heterocycles. The van der Waals surface area contributed by atoms with Crippen molar-refractivity contribution in [1.82, 2.24) is 10.0 Å². The predicted octanol–water partition coefficient (Wildman–Crippen LogP) is -0.380. The zero-order valence-electron chi connectivity index (χ0n) is 11.9. The van der Waals surface area contributed by atoms with E-state index in [2.05, 4.69) is 10.2 Å². The van der Waals surface area contributed by atoms with E-state index in [1.807, 2.05) is 0 Å². The zero-order valence-corrected chi connectivity index (χ0v) is 11.9. The van der Waals surface area contributed by atoms with Crippen LogP contribution in [-0.4, -0.2) is 54.9 Å². The molecule has 0 saturated carbocycles. The first-order valence-electron chi connectivity index (χ1n) is 6.26. The highest BCUT2D eigenvalue weighted by atomic mass is 16.3. The summed E-state index contributed by atoms with van der Waals surface area (Å²) < 4.78 is 0. The number of rotatable bonds is 0. The molecule has 0 spiro atoms. The molecule has 0 unspecified atom stereocenters. The molecule has 2 atom stereocenters. The summed E-state index contributed by atoms with van der Waals surface area (Å²) in [5.41, 5.74) is -1.99. The largest absolute Gasteiger partial charge is 0.369 e. The number of carbonyl (C=O) groups excluding carboxylic acids is 2. The maximum Gasteiger partial charge on any atom is 0.336 e. The molecule has 0 aliphatic carbocycles. The van der Waals surface area contributed by atoms with Gasteiger partial charge in [0.1, 0.15) is 0 Å². The number of hydrogen-bond donors (Lipinski definition) is 2. The van der Waals surface area contributed by atoms with E-state index in [-0.39, 0.29) is 12.8 Å². The first kappa shape index (κ1) is 14.6. The van der Waals surface area contributed by atoms with Crippen LogP contribution < -0.4 is 0 Å². The smallest absolute Gasteiger partial charge is 0.336 e. The Morgan fingerprint density at radius 1 is 0.950 bits per heavy atom. The van der Waals surface area contributed by atoms with E-state index in [0.717, 1.165) is 10.0 Å². The van der Waals surface area contributed by atoms with Crippen LogP contribution in [-0.2, 0) is 9.59 Å². The van der Waals surface area contributed by atoms with E-state index >= 15 is 0 Å². The average molecular weight is 282 g/mol. The molecule has 8 nitrogen and oxygen atoms in total. The lowest BCUT2D eigenvalue weighted by Crippen LogP contribution is -2.53. The fraction of sp³-hybridized carbons (Fsp3) is 0.667. The second-order valence-electron chi connectivity index (χ2n) is 5.69. The van der Waals surface area contributed by atoms with Crippen molar-refractivity contribution in [1.29, 1.82) is 0 Å². The summed E-state index contributed by atoms with van der Waals surface area (Å²) in [6.45, 7) is 6.10. The van der Waals surface area contributed by atoms with Gasteiger partial charge in [0.2, 0.25) is 0 Å². The lowest BCUT2D eigenvalue weighted by atomic mass is 10.1. The van der Waals surface area contributed by atoms with Crippen molar-refractivity contribution in [3.63, 3.8) is 0 Å². The van der Waals surface area contributed by atoms with Crippen molar-refractivity contribution in [2.45, 2.75) is 52.0 Å². The maximum absolute atomic E-state index is 12.2. The minimum absolute atomic E-state index is 0.171. The molecular weight excluding hydrogens is 264 g/mol. The van der Waals surface area contributed by atoms with E-state index in [9.17, 15) is 19.8 Å². The molecular formula is C12H18N4O4. The van der Waals surface area contributed by atoms with Crippen molar-refractivity contribution in [2.75, 3.05) is 0 Å². The molecule has 0 bridgehead atoms. The minimum atomic E-state index is -1.54. The van der Waals surface area contributed by atoms with Gasteiger partial charge in [0.15, 0.2) is 11.4 Å². The second-order valence-corrected chi connectivity index (χ2v) is 5.69. The highest BCUT2D eigenvalue weighted by Crippen LogP contribution is 2.28. The molecule has 8 heteroatoms. The highest BCUT2D eigenvalue weighted by molar-refractivity contribution is 6.35. The summed E-state index contributed by atoms with van der Waals surface area (Å²) >= 11 is 0. The standard InChI is InChI=1S/C12H18N4O4/c1-7-5-11(3,19)15(13-7)9(17)10(18)16-12(4,20)6-8(2)14-16/h19-20H,5-6H2,1-4H3/t11-,12-/m1/s1. The van der Waals surface area contributed by atoms with Gasteiger partial charge in [0.05, 0.1) is 0 Å². The van der Waals surface area contributed by atoms with Crippen LogP contribution in [0.1, 0.15) is 40.5 Å². The van der Waals surface area contributed by atoms with Crippen LogP contribution in [0, 0.1) is 0 Å². The molecule has 2 amide bonds. The summed E-state index contributed by atoms with van der Waals surface area (Å²) in [5, 5.41) is 29.4. The number of hydrazone groups is 2. The first-order valence-corrected chi connectivity index (χ1v) is 6.26. The van der Waals surface area contributed by atoms with Gasteiger partial charge in [-0.25, -0.2) is 0 Å². The SMILES string of the molecule is CC1=NN(C(=O)C(=O)N2N=C(C)C[C@@]2(C)O)[C@](C)(O)C1. The Labute approximate surface area is 116 Å². The Kier molecular flexibility index (Phi) is 3.18. The molecule has 2 heterocycles. The number of nitrogens with zero attached hydrogens (tertiary/aromatic N) is 4. The van der Waals surface area contributed by atoms with Crippen molar-refractivity contribution < 1.29 is 19.8 Å². The molecule has 0 saturated heterocycles. The number of carbonyl (C=O) groups is 2. The molecule has 2 aliphatic rings. The van der Waals surface area contributed by atoms with E-state index in [0.29, 0.717) is 11.4 Å². The van der Waals surface area contributed by atoms with Crippen LogP contribution in [0.5, 0.6) is 0 Å². The van der Waals surface area contributed by atoms with Gasteiger partial charge in [-0.2, -0.15) is 20.2 Å². The van der Waals surface area contributed by atoms with Crippen LogP contribution in [0.3, 0.4) is 0 Å². The molecule has 0 aromatic rings. The minimum Gasteiger partial charge on any atom is -0.369 e. The molecule has 0 radical (unpaired) electrons. The average Bonchev–Trinajstić information content (AvgIpc) is 2.71. The summed E-state index contributed by atoms with van der Waals surface area (Å²) in [7, 11) is 0. The quantitative estimate of drug-likeness (QED) is 0.591. The molecule has 20 heavy (non-hydrogen) atoms. The monoisotopic (exact) mass is 282 g/mol. The zero-order chi connectivity index (χ0) is 15.3. The third kappa shape index (κ3) is 2.32. The Morgan fingerprint density at radius 2 is 1.25 bits per heavy atom. The molecule has 2 aliphatic heterocycles. The Morgan fingerprint density at radius 3 is 1.45 bits per heavy atom. The van der Waals surface area contributed by atoms with Gasteiger partial charge in [0, 0.05) is 24.3 Å². The molecule has 2 N–H and O–H groups in total. The Hall–Kier alpha value is -1.80. The Bertz CT molecular complexity index is 488. The normalized spacial score (nSPS) is 33.3. The van der Waals surface area contributed by atoms with Crippen molar-refractivity contribution >= 4 is 23.2 Å². The van der Waals surface area contributed by atoms with Gasteiger partial charge in [-0.15, -0.1) is 0 Å². The van der Waals surface area contributed by atoms with Crippen molar-refractivity contribution in [3.8, 4) is 0 Å². The molecule has 110 valence electrons. The lowest BCUT2D eigenvalue weighted by Gasteiger charge is -2.30. The van der Waals surface area contributed by atoms with Crippen LogP contribution in [0.15, 0.2) is 10.2 Å². The summed E-state index contributed by atoms with van der Waals surface area (Å²) in [6.07, 6.45) is 0.343. The van der Waals surface area contributed by atoms with Gasteiger partial charge in [-0.1, -0.05) is 0 Å². The lowest BCUT2D eigenvalue weighted by molar-refractivity contribution is -0.174. The van der Waals surface area contributed by atoms with E-state index in [4.69, 9.17) is 0 Å². The van der Waals surface area contributed by atoms with Crippen LogP contribution >= 0.6 is 0 Å². The van der Waals surface area contributed by atoms with Gasteiger partial charge in [-0.05, 0) is 27.7 Å². The van der Waals surface area contributed by atoms with E-state index in [1.165, 1.54) is 13.8 Å². The number of aliphatic hydroxyl groups is 2. The van der Waals surface area contributed by atoms with Crippen molar-refractivity contribution in [2.24, 2.45) is 10.2 Å². The summed E-state index contributed by atoms with van der Waals surface area (Å²) in [5.74, 6) is -2.05. The van der Waals surface area contributed by atoms with Gasteiger partial charge in [-0.3, -0.25) is 9.59 Å². The highest BCUT2D eigenvalue weighted by Gasteiger charge is 2.47. The maximum atomic E-state index is 12.2. The number of hydrogen-bond acceptors (Lipinski definition) is 6. The summed E-state index contributed by atoms with van der Waals surface area (Å²) in [4.78, 5) is 24.4. The first-order chi connectivity index (χ1) is 9.04. The fourth-order valence-electron chi connectivity index (χ4n) is 2.46. The Balaban J connectivity index is 2.24. The van der Waals surface area contributed by atoms with Crippen LogP contribution in [0.4, 0.5) is 0 Å². The molecule has 0 fully saturated rings. The third-order valence-electron chi connectivity index (χ3n) is 3.20. The summed E-state index contributed by atoms with van der Waals surface area (Å²) in [6, 6.07) is 0. The van der Waals surface area contributed by atoms with Crippen molar-refractivity contribution in [3.05, 3.63) is 0 Å². The predicted molar refractivity (Wildman–Crippen MR) is 70.4 cm³/mol.